The Morgan fingerprint density at radius 1 is 0.796 bits per heavy atom. The minimum atomic E-state index is -1.23. The number of carboxylic acid groups (broad SMARTS) is 1. The quantitative estimate of drug-likeness (QED) is 0.107. The van der Waals surface area contributed by atoms with Crippen molar-refractivity contribution in [2.75, 3.05) is 20.2 Å². The summed E-state index contributed by atoms with van der Waals surface area (Å²) >= 11 is 0. The number of carbonyl (C=O) groups excluding carboxylic acids is 5. The summed E-state index contributed by atoms with van der Waals surface area (Å²) in [6.45, 7) is 16.9. The monoisotopic (exact) mass is 946 g/mol. The van der Waals surface area contributed by atoms with Crippen molar-refractivity contribution in [2.24, 2.45) is 0 Å². The minimum absolute atomic E-state index is 0. The molecule has 270 valence electrons. The maximum atomic E-state index is 12.7. The zero-order valence-electron chi connectivity index (χ0n) is 31.5. The molecule has 0 aromatic heterocycles. The molecule has 0 aromatic carbocycles. The van der Waals surface area contributed by atoms with Crippen LogP contribution in [0.4, 0.5) is 9.59 Å². The Bertz CT molecular complexity index is 1190. The largest absolute Gasteiger partial charge is 2.00 e. The van der Waals surface area contributed by atoms with E-state index in [1.165, 1.54) is 19.3 Å². The van der Waals surface area contributed by atoms with Gasteiger partial charge in [0.05, 0.1) is 7.11 Å². The van der Waals surface area contributed by atoms with Crippen LogP contribution in [0.3, 0.4) is 0 Å². The minimum Gasteiger partial charge on any atom is -1.00 e. The zero-order chi connectivity index (χ0) is 36.3. The summed E-state index contributed by atoms with van der Waals surface area (Å²) in [5.74, 6) is -3.03. The van der Waals surface area contributed by atoms with Crippen LogP contribution in [0.1, 0.15) is 70.1 Å². The number of esters is 1. The first-order valence-corrected chi connectivity index (χ1v) is 15.1. The molecule has 2 aliphatic heterocycles. The summed E-state index contributed by atoms with van der Waals surface area (Å²) in [4.78, 5) is 74.0. The van der Waals surface area contributed by atoms with E-state index >= 15 is 0 Å². The molecule has 3 N–H and O–H groups in total. The number of carboxylic acids is 1. The van der Waals surface area contributed by atoms with E-state index in [0.29, 0.717) is 0 Å². The van der Waals surface area contributed by atoms with Crippen LogP contribution in [0.25, 0.3) is 0 Å². The van der Waals surface area contributed by atoms with Gasteiger partial charge >= 0.3 is 122 Å². The first kappa shape index (κ1) is 50.1. The molecule has 0 unspecified atom stereocenters. The fraction of sp³-hybridized carbons (Fsp3) is 0.677. The number of rotatable bonds is 10. The molecular formula is C31H50Ba2N4O12. The van der Waals surface area contributed by atoms with E-state index in [2.05, 4.69) is 28.5 Å². The van der Waals surface area contributed by atoms with Gasteiger partial charge in [-0.1, -0.05) is 12.2 Å². The number of carbonyl (C=O) groups is 6. The van der Waals surface area contributed by atoms with Crippen LogP contribution in [0.5, 0.6) is 0 Å². The number of nitrogens with one attached hydrogen (secondary N) is 2. The zero-order valence-corrected chi connectivity index (χ0v) is 38.4. The predicted octanol–water partition coefficient (Wildman–Crippen LogP) is -0.708. The molecule has 2 heterocycles. The summed E-state index contributed by atoms with van der Waals surface area (Å²) in [6, 6.07) is -4.08. The molecule has 2 rings (SSSR count). The molecule has 49 heavy (non-hydrogen) atoms. The summed E-state index contributed by atoms with van der Waals surface area (Å²) in [7, 11) is 1.20. The van der Waals surface area contributed by atoms with Crippen LogP contribution >= 0.6 is 0 Å². The summed E-state index contributed by atoms with van der Waals surface area (Å²) in [5, 5.41) is 37.3. The molecule has 16 nitrogen and oxygen atoms in total. The van der Waals surface area contributed by atoms with Crippen LogP contribution in [-0.2, 0) is 33.4 Å². The van der Waals surface area contributed by atoms with Crippen molar-refractivity contribution in [3.63, 3.8) is 0 Å². The van der Waals surface area contributed by atoms with E-state index in [9.17, 15) is 39.0 Å². The van der Waals surface area contributed by atoms with E-state index < -0.39 is 83.5 Å². The van der Waals surface area contributed by atoms with Crippen LogP contribution in [0.2, 0.25) is 0 Å². The van der Waals surface area contributed by atoms with Crippen LogP contribution < -0.4 is 20.8 Å². The van der Waals surface area contributed by atoms with Crippen molar-refractivity contribution >= 4 is 134 Å². The van der Waals surface area contributed by atoms with E-state index in [1.54, 1.807) is 41.5 Å². The van der Waals surface area contributed by atoms with Gasteiger partial charge in [-0.05, 0) is 67.2 Å². The van der Waals surface area contributed by atoms with Gasteiger partial charge in [0.1, 0.15) is 35.4 Å². The van der Waals surface area contributed by atoms with Crippen molar-refractivity contribution < 1.29 is 61.2 Å². The van der Waals surface area contributed by atoms with Crippen molar-refractivity contribution in [1.82, 2.24) is 20.4 Å². The Hall–Kier alpha value is -1.04. The second kappa shape index (κ2) is 22.8. The number of hydrogen-bond donors (Lipinski definition) is 3. The van der Waals surface area contributed by atoms with Gasteiger partial charge in [0, 0.05) is 13.1 Å². The molecule has 2 aliphatic rings. The normalized spacial score (nSPS) is 21.2. The molecular weight excluding hydrogens is 895 g/mol. The third kappa shape index (κ3) is 17.8. The molecule has 0 spiro atoms. The molecule has 0 radical (unpaired) electrons. The fourth-order valence-corrected chi connectivity index (χ4v) is 4.75. The van der Waals surface area contributed by atoms with E-state index in [4.69, 9.17) is 14.6 Å². The number of ether oxygens (including phenoxy) is 3. The Morgan fingerprint density at radius 3 is 1.45 bits per heavy atom. The standard InChI is InChI=1S/C16H25N2O6.C15H23N2O6.2Ba.2H/c1-6-7-11(17-15(22)24-16(2,3)4)13(20)18-9-10(19)8-12(18)14(21)23-5;1-5-6-10(16-14(22)23-15(2,3)4)12(19)17-8-9(18)7-11(17)13(20)21;;;;/h6,10-12H,1,7-9H2,2-5H3,(H,17,22);5,9-11H,1,6-8H2,2-4H3,(H,16,22)(H,20,21);;;;/q2*-1;2*+2;2*-1/t10-,11-,12-;9-,10-,11-;;;;/m00..../s1. The molecule has 2 saturated heterocycles. The molecule has 0 bridgehead atoms. The number of amides is 4. The topological polar surface area (TPSA) is 227 Å². The average Bonchev–Trinajstić information content (AvgIpc) is 3.52. The van der Waals surface area contributed by atoms with Gasteiger partial charge in [0.2, 0.25) is 11.8 Å². The summed E-state index contributed by atoms with van der Waals surface area (Å²) in [6.07, 6.45) is -0.762. The van der Waals surface area contributed by atoms with Crippen LogP contribution in [-0.4, -0.2) is 216 Å². The average molecular weight is 945 g/mol. The first-order valence-electron chi connectivity index (χ1n) is 15.1. The number of hydrogen-bond acceptors (Lipinski definition) is 11. The van der Waals surface area contributed by atoms with Gasteiger partial charge in [-0.2, -0.15) is 0 Å². The van der Waals surface area contributed by atoms with Crippen molar-refractivity contribution in [3.8, 4) is 0 Å². The Balaban J connectivity index is -0.000000402. The summed E-state index contributed by atoms with van der Waals surface area (Å²) in [5.41, 5.74) is -1.45. The third-order valence-corrected chi connectivity index (χ3v) is 6.63. The van der Waals surface area contributed by atoms with Gasteiger partial charge in [0.25, 0.3) is 0 Å². The molecule has 4 amide bonds. The molecule has 0 aliphatic carbocycles. The molecule has 6 atom stereocenters. The smallest absolute Gasteiger partial charge is 1.00 e. The van der Waals surface area contributed by atoms with Crippen LogP contribution in [0.15, 0.2) is 25.3 Å². The number of nitrogens with zero attached hydrogens (tertiary/aromatic N) is 2. The second-order valence-electron chi connectivity index (χ2n) is 13.0. The molecule has 2 fully saturated rings. The van der Waals surface area contributed by atoms with E-state index in [0.717, 1.165) is 9.80 Å². The van der Waals surface area contributed by atoms with Gasteiger partial charge in [-0.25, -0.2) is 19.2 Å². The van der Waals surface area contributed by atoms with Gasteiger partial charge in [-0.15, -0.1) is 25.4 Å². The second-order valence-corrected chi connectivity index (χ2v) is 13.0. The molecule has 18 heteroatoms. The first-order chi connectivity index (χ1) is 21.6. The number of alkyl carbamates (subject to hydrolysis) is 2. The van der Waals surface area contributed by atoms with Gasteiger partial charge < -0.3 is 52.8 Å². The third-order valence-electron chi connectivity index (χ3n) is 6.63. The van der Waals surface area contributed by atoms with E-state index in [1.807, 2.05) is 0 Å². The number of aliphatic carboxylic acids is 1. The molecule has 0 aromatic rings. The van der Waals surface area contributed by atoms with Crippen molar-refractivity contribution in [1.29, 1.82) is 0 Å². The summed E-state index contributed by atoms with van der Waals surface area (Å²) < 4.78 is 14.9. The Kier molecular flexibility index (Phi) is 23.3. The Labute approximate surface area is 371 Å². The van der Waals surface area contributed by atoms with E-state index in [-0.39, 0.29) is 139 Å². The predicted molar refractivity (Wildman–Crippen MR) is 177 cm³/mol. The molecule has 0 saturated carbocycles. The SMILES string of the molecule is C=CC[C@H](NC(=O)OC(C)(C)C)C(=O)N1C[C@@H]([O-])C[C@H]1C(=O)O.C=CC[C@H](NC(=O)OC(C)(C)C)C(=O)N1C[C@@H]([O-])C[C@H]1C(=O)OC.[Ba+2].[Ba+2].[H-].[H-]. The number of methoxy groups -OCH3 is 1. The maximum absolute atomic E-state index is 12.7. The fourth-order valence-electron chi connectivity index (χ4n) is 4.75. The number of likely N-dealkylation sites (tertiary alicyclic amines) is 2. The van der Waals surface area contributed by atoms with Crippen molar-refractivity contribution in [3.05, 3.63) is 25.3 Å². The van der Waals surface area contributed by atoms with Crippen molar-refractivity contribution in [2.45, 2.75) is 115 Å². The Morgan fingerprint density at radius 2 is 1.14 bits per heavy atom. The maximum Gasteiger partial charge on any atom is 2.00 e. The van der Waals surface area contributed by atoms with Crippen LogP contribution in [0, 0.1) is 0 Å². The van der Waals surface area contributed by atoms with Gasteiger partial charge in [-0.3, -0.25) is 9.59 Å². The van der Waals surface area contributed by atoms with Gasteiger partial charge in [0.15, 0.2) is 0 Å².